The first-order valence-electron chi connectivity index (χ1n) is 15.8. The Balaban J connectivity index is 1.57. The lowest BCUT2D eigenvalue weighted by Gasteiger charge is -2.31. The summed E-state index contributed by atoms with van der Waals surface area (Å²) in [5, 5.41) is 10.6. The molecule has 43 heavy (non-hydrogen) atoms. The van der Waals surface area contributed by atoms with Crippen molar-refractivity contribution in [3.05, 3.63) is 17.7 Å². The van der Waals surface area contributed by atoms with E-state index in [2.05, 4.69) is 28.1 Å². The molecule has 3 atom stereocenters. The molecular weight excluding hydrogens is 552 g/mol. The van der Waals surface area contributed by atoms with Gasteiger partial charge in [-0.3, -0.25) is 19.3 Å². The summed E-state index contributed by atoms with van der Waals surface area (Å²) in [6.45, 7) is 6.39. The molecule has 0 radical (unpaired) electrons. The number of methoxy groups -OCH3 is 1. The van der Waals surface area contributed by atoms with Gasteiger partial charge in [0, 0.05) is 51.1 Å². The van der Waals surface area contributed by atoms with E-state index < -0.39 is 17.9 Å². The van der Waals surface area contributed by atoms with Gasteiger partial charge >= 0.3 is 5.97 Å². The van der Waals surface area contributed by atoms with Crippen molar-refractivity contribution in [2.24, 2.45) is 5.92 Å². The zero-order valence-corrected chi connectivity index (χ0v) is 26.7. The number of unbranched alkanes of at least 4 members (excludes halogenated alkanes) is 2. The van der Waals surface area contributed by atoms with Crippen LogP contribution in [0.1, 0.15) is 63.4 Å². The van der Waals surface area contributed by atoms with Crippen LogP contribution in [0.2, 0.25) is 0 Å². The van der Waals surface area contributed by atoms with Crippen molar-refractivity contribution >= 4 is 17.8 Å². The van der Waals surface area contributed by atoms with Crippen LogP contribution in [-0.2, 0) is 14.4 Å². The van der Waals surface area contributed by atoms with Crippen molar-refractivity contribution in [3.8, 4) is 17.2 Å². The van der Waals surface area contributed by atoms with Crippen LogP contribution in [0.15, 0.2) is 12.1 Å². The van der Waals surface area contributed by atoms with E-state index in [1.165, 1.54) is 0 Å². The van der Waals surface area contributed by atoms with Gasteiger partial charge in [0.05, 0.1) is 47.3 Å². The first kappa shape index (κ1) is 32.9. The summed E-state index contributed by atoms with van der Waals surface area (Å²) in [6.07, 6.45) is 5.75. The lowest BCUT2D eigenvalue weighted by molar-refractivity contribution is -0.870. The summed E-state index contributed by atoms with van der Waals surface area (Å²) >= 11 is 0. The average Bonchev–Trinajstić information content (AvgIpc) is 3.68. The molecule has 0 aliphatic carbocycles. The van der Waals surface area contributed by atoms with Crippen LogP contribution < -0.4 is 14.2 Å². The van der Waals surface area contributed by atoms with Crippen molar-refractivity contribution in [2.45, 2.75) is 63.8 Å². The minimum atomic E-state index is -0.905. The van der Waals surface area contributed by atoms with E-state index in [4.69, 9.17) is 14.2 Å². The van der Waals surface area contributed by atoms with Crippen LogP contribution in [0.4, 0.5) is 0 Å². The quantitative estimate of drug-likeness (QED) is 0.227. The fourth-order valence-electron chi connectivity index (χ4n) is 6.66. The summed E-state index contributed by atoms with van der Waals surface area (Å²) in [4.78, 5) is 45.0. The lowest BCUT2D eigenvalue weighted by Crippen LogP contribution is -2.46. The molecule has 1 N–H and O–H groups in total. The Labute approximate surface area is 256 Å². The van der Waals surface area contributed by atoms with Crippen LogP contribution in [0.25, 0.3) is 0 Å². The third kappa shape index (κ3) is 8.32. The van der Waals surface area contributed by atoms with E-state index >= 15 is 0 Å². The molecule has 0 spiro atoms. The summed E-state index contributed by atoms with van der Waals surface area (Å²) in [5.41, 5.74) is 0.786. The van der Waals surface area contributed by atoms with Crippen LogP contribution in [0.5, 0.6) is 17.2 Å². The average molecular weight is 604 g/mol. The van der Waals surface area contributed by atoms with Crippen molar-refractivity contribution in [1.29, 1.82) is 0 Å². The molecule has 11 nitrogen and oxygen atoms in total. The molecular formula is C32H51N4O7+. The number of amides is 2. The Morgan fingerprint density at radius 2 is 1.91 bits per heavy atom. The van der Waals surface area contributed by atoms with E-state index in [9.17, 15) is 19.5 Å². The summed E-state index contributed by atoms with van der Waals surface area (Å²) in [5.74, 6) is -0.347. The Kier molecular flexibility index (Phi) is 11.2. The van der Waals surface area contributed by atoms with Crippen molar-refractivity contribution in [2.75, 3.05) is 80.9 Å². The maximum absolute atomic E-state index is 13.8. The number of carboxylic acid groups (broad SMARTS) is 1. The van der Waals surface area contributed by atoms with Crippen molar-refractivity contribution in [3.63, 3.8) is 0 Å². The Morgan fingerprint density at radius 3 is 2.56 bits per heavy atom. The minimum Gasteiger partial charge on any atom is -0.493 e. The predicted octanol–water partition coefficient (Wildman–Crippen LogP) is 3.02. The number of quaternary nitrogens is 1. The van der Waals surface area contributed by atoms with Gasteiger partial charge in [0.2, 0.25) is 24.4 Å². The minimum absolute atomic E-state index is 0.0361. The van der Waals surface area contributed by atoms with Gasteiger partial charge in [-0.05, 0) is 49.8 Å². The molecule has 3 unspecified atom stereocenters. The zero-order chi connectivity index (χ0) is 31.1. The van der Waals surface area contributed by atoms with Gasteiger partial charge in [-0.1, -0.05) is 13.3 Å². The van der Waals surface area contributed by atoms with E-state index in [0.29, 0.717) is 62.8 Å². The SMILES string of the molecule is CCCCN(CCCC[N+](C)(C)C)C(=O)CN1CC(c2cc(OC)c3c(c2)OCO3)C(C(=O)O)C1CCN1CCCC1=O. The van der Waals surface area contributed by atoms with Crippen LogP contribution in [-0.4, -0.2) is 129 Å². The number of nitrogens with zero attached hydrogens (tertiary/aromatic N) is 4. The number of benzene rings is 1. The first-order chi connectivity index (χ1) is 20.5. The Morgan fingerprint density at radius 1 is 1.14 bits per heavy atom. The number of ether oxygens (including phenoxy) is 3. The molecule has 1 aromatic rings. The Hall–Kier alpha value is -3.05. The number of carbonyl (C=O) groups excluding carboxylic acids is 2. The van der Waals surface area contributed by atoms with Gasteiger partial charge < -0.3 is 33.6 Å². The molecule has 4 rings (SSSR count). The monoisotopic (exact) mass is 603 g/mol. The summed E-state index contributed by atoms with van der Waals surface area (Å²) < 4.78 is 17.7. The molecule has 0 aromatic heterocycles. The normalized spacial score (nSPS) is 21.9. The molecule has 3 aliphatic rings. The standard InChI is InChI=1S/C32H50N4O7/c1-6-7-13-33(14-8-9-17-36(2,3)4)29(38)21-35-20-24(23-18-26(41-5)31-27(19-23)42-22-43-31)30(32(39)40)25(35)12-16-34-15-10-11-28(34)37/h18-19,24-25,30H,6-17,20-22H2,1-5H3/p+1. The van der Waals surface area contributed by atoms with Crippen LogP contribution in [0.3, 0.4) is 0 Å². The van der Waals surface area contributed by atoms with Gasteiger partial charge in [-0.25, -0.2) is 0 Å². The van der Waals surface area contributed by atoms with E-state index in [-0.39, 0.29) is 31.1 Å². The number of carboxylic acids is 1. The maximum atomic E-state index is 13.8. The molecule has 2 fully saturated rings. The van der Waals surface area contributed by atoms with E-state index in [0.717, 1.165) is 48.7 Å². The molecule has 11 heteroatoms. The number of likely N-dealkylation sites (tertiary alicyclic amines) is 2. The van der Waals surface area contributed by atoms with Gasteiger partial charge in [0.15, 0.2) is 11.5 Å². The van der Waals surface area contributed by atoms with Gasteiger partial charge in [0.1, 0.15) is 0 Å². The lowest BCUT2D eigenvalue weighted by atomic mass is 9.84. The molecule has 2 amide bonds. The molecule has 240 valence electrons. The number of fused-ring (bicyclic) bond motifs is 1. The summed E-state index contributed by atoms with van der Waals surface area (Å²) in [6, 6.07) is 3.28. The third-order valence-electron chi connectivity index (χ3n) is 8.99. The highest BCUT2D eigenvalue weighted by Gasteiger charge is 2.48. The topological polar surface area (TPSA) is 109 Å². The smallest absolute Gasteiger partial charge is 0.308 e. The highest BCUT2D eigenvalue weighted by atomic mass is 16.7. The zero-order valence-electron chi connectivity index (χ0n) is 26.7. The largest absolute Gasteiger partial charge is 0.493 e. The molecule has 1 aromatic carbocycles. The molecule has 3 aliphatic heterocycles. The fourth-order valence-corrected chi connectivity index (χ4v) is 6.66. The molecule has 0 bridgehead atoms. The Bertz CT molecular complexity index is 1140. The van der Waals surface area contributed by atoms with Crippen molar-refractivity contribution in [1.82, 2.24) is 14.7 Å². The maximum Gasteiger partial charge on any atom is 0.308 e. The molecule has 3 heterocycles. The second kappa shape index (κ2) is 14.6. The molecule has 0 saturated carbocycles. The number of rotatable bonds is 16. The van der Waals surface area contributed by atoms with E-state index in [1.54, 1.807) is 7.11 Å². The summed E-state index contributed by atoms with van der Waals surface area (Å²) in [7, 11) is 8.08. The fraction of sp³-hybridized carbons (Fsp3) is 0.719. The number of hydrogen-bond acceptors (Lipinski definition) is 7. The molecule has 2 saturated heterocycles. The third-order valence-corrected chi connectivity index (χ3v) is 8.99. The van der Waals surface area contributed by atoms with Gasteiger partial charge in [-0.15, -0.1) is 0 Å². The number of aliphatic carboxylic acids is 1. The second-order valence-electron chi connectivity index (χ2n) is 13.2. The second-order valence-corrected chi connectivity index (χ2v) is 13.2. The predicted molar refractivity (Wildman–Crippen MR) is 162 cm³/mol. The van der Waals surface area contributed by atoms with Crippen LogP contribution in [0, 0.1) is 5.92 Å². The van der Waals surface area contributed by atoms with E-state index in [1.807, 2.05) is 26.8 Å². The van der Waals surface area contributed by atoms with Crippen molar-refractivity contribution < 1.29 is 38.2 Å². The first-order valence-corrected chi connectivity index (χ1v) is 15.8. The highest BCUT2D eigenvalue weighted by molar-refractivity contribution is 5.79. The van der Waals surface area contributed by atoms with Gasteiger partial charge in [0.25, 0.3) is 0 Å². The number of carbonyl (C=O) groups is 3. The van der Waals surface area contributed by atoms with Gasteiger partial charge in [-0.2, -0.15) is 0 Å². The number of hydrogen-bond donors (Lipinski definition) is 1. The van der Waals surface area contributed by atoms with Crippen LogP contribution >= 0.6 is 0 Å². The highest BCUT2D eigenvalue weighted by Crippen LogP contribution is 2.47.